The predicted molar refractivity (Wildman–Crippen MR) is 349 cm³/mol. The van der Waals surface area contributed by atoms with Crippen molar-refractivity contribution in [2.75, 3.05) is 66.5 Å². The van der Waals surface area contributed by atoms with Gasteiger partial charge in [0.05, 0.1) is 24.2 Å². The summed E-state index contributed by atoms with van der Waals surface area (Å²) in [5.41, 5.74) is 5.85. The van der Waals surface area contributed by atoms with Gasteiger partial charge in [-0.15, -0.1) is 0 Å². The Kier molecular flexibility index (Phi) is 20.5. The summed E-state index contributed by atoms with van der Waals surface area (Å²) < 4.78 is 81.9. The number of hydrogen-bond acceptors (Lipinski definition) is 13. The van der Waals surface area contributed by atoms with Crippen molar-refractivity contribution in [2.24, 2.45) is 0 Å². The lowest BCUT2D eigenvalue weighted by atomic mass is 10.0. The van der Waals surface area contributed by atoms with Crippen molar-refractivity contribution >= 4 is 72.7 Å². The maximum absolute atomic E-state index is 14.4. The highest BCUT2D eigenvalue weighted by Crippen LogP contribution is 2.52. The van der Waals surface area contributed by atoms with Crippen molar-refractivity contribution in [1.82, 2.24) is 43.5 Å². The predicted octanol–water partition coefficient (Wildman–Crippen LogP) is 12.5. The number of ether oxygens (including phenoxy) is 2. The number of halogens is 2. The topological polar surface area (TPSA) is 197 Å². The van der Waals surface area contributed by atoms with Crippen LogP contribution in [0.25, 0.3) is 21.8 Å². The minimum atomic E-state index is -3.62. The van der Waals surface area contributed by atoms with Crippen LogP contribution in [-0.2, 0) is 36.4 Å². The SMILES string of the molecule is CC(C)[Si](Oc1c2c(c(OC(=O)N3CCN(S(=O)(=O)N(C)C)CC3)c3cccnc13)CN(Cc1ccc(F)cc1)C2=O)(C(C)C)C(C)C.CC(C)[Si](Oc1c2c(c(OC(=O)N3CCNCC3)c3cccnc13)CN(Cc1ccc(F)cc1)C2=O)(C(C)C)C(C)C. The van der Waals surface area contributed by atoms with E-state index in [2.05, 4.69) is 88.4 Å². The molecule has 0 saturated carbocycles. The maximum atomic E-state index is 14.4. The van der Waals surface area contributed by atoms with E-state index in [0.717, 1.165) is 15.4 Å². The molecule has 2 fully saturated rings. The van der Waals surface area contributed by atoms with Gasteiger partial charge in [0.2, 0.25) is 0 Å². The van der Waals surface area contributed by atoms with Crippen LogP contribution in [0.4, 0.5) is 18.4 Å². The van der Waals surface area contributed by atoms with E-state index < -0.39 is 39.0 Å². The van der Waals surface area contributed by atoms with Gasteiger partial charge in [0.25, 0.3) is 38.7 Å². The second kappa shape index (κ2) is 27.4. The number of nitrogens with zero attached hydrogens (tertiary/aromatic N) is 8. The van der Waals surface area contributed by atoms with Crippen LogP contribution in [0, 0.1) is 11.6 Å². The van der Waals surface area contributed by atoms with Crippen molar-refractivity contribution in [3.63, 3.8) is 0 Å². The minimum Gasteiger partial charge on any atom is -0.541 e. The normalized spacial score (nSPS) is 15.9. The molecule has 6 heterocycles. The Labute approximate surface area is 530 Å². The van der Waals surface area contributed by atoms with E-state index in [9.17, 15) is 36.4 Å². The Balaban J connectivity index is 0.000000215. The smallest absolute Gasteiger partial charge is 0.415 e. The van der Waals surface area contributed by atoms with Gasteiger partial charge in [0.1, 0.15) is 45.7 Å². The molecule has 90 heavy (non-hydrogen) atoms. The summed E-state index contributed by atoms with van der Waals surface area (Å²) in [7, 11) is -5.78. The summed E-state index contributed by atoms with van der Waals surface area (Å²) in [6.45, 7) is 30.1. The fourth-order valence-electron chi connectivity index (χ4n) is 14.0. The Morgan fingerprint density at radius 1 is 0.544 bits per heavy atom. The monoisotopic (exact) mass is 1290 g/mol. The number of fused-ring (bicyclic) bond motifs is 4. The first-order chi connectivity index (χ1) is 42.6. The summed E-state index contributed by atoms with van der Waals surface area (Å²) in [5, 5.41) is 4.44. The molecule has 0 bridgehead atoms. The zero-order chi connectivity index (χ0) is 65.3. The molecule has 4 amide bonds. The number of carbonyl (C=O) groups is 4. The van der Waals surface area contributed by atoms with Gasteiger partial charge in [-0.3, -0.25) is 19.6 Å². The van der Waals surface area contributed by atoms with E-state index in [-0.39, 0.29) is 115 Å². The number of rotatable bonds is 18. The van der Waals surface area contributed by atoms with Gasteiger partial charge in [-0.1, -0.05) is 107 Å². The summed E-state index contributed by atoms with van der Waals surface area (Å²) in [4.78, 5) is 71.7. The van der Waals surface area contributed by atoms with Gasteiger partial charge in [0.15, 0.2) is 0 Å². The lowest BCUT2D eigenvalue weighted by Gasteiger charge is -2.42. The van der Waals surface area contributed by atoms with E-state index in [1.165, 1.54) is 47.6 Å². The fraction of sp³-hybridized carbons (Fsp3) is 0.485. The van der Waals surface area contributed by atoms with Crippen molar-refractivity contribution < 1.29 is 54.7 Å². The summed E-state index contributed by atoms with van der Waals surface area (Å²) >= 11 is 0. The molecule has 0 atom stereocenters. The first-order valence-electron chi connectivity index (χ1n) is 31.3. The first-order valence-corrected chi connectivity index (χ1v) is 37.0. The van der Waals surface area contributed by atoms with E-state index in [1.54, 1.807) is 57.4 Å². The standard InChI is InChI=1S/C34H46FN5O6SSi.C32H41FN4O4Si/c1-22(2)48(23(3)4,24(5)6)46-32-29-28(21-39(33(29)41)20-25-11-13-26(35)14-12-25)31(27-10-9-15-36-30(27)32)45-34(42)38-16-18-40(19-17-38)47(43,44)37(7)8;1-20(2)42(21(3)4,22(5)6)41-30-27-26(19-37(31(27)38)18-23-9-11-24(33)12-10-23)29(25-8-7-13-35-28(25)30)40-32(39)36-16-14-34-15-17-36/h9-15,22-24H,16-21H2,1-8H3;7-13,20-22,34H,14-19H2,1-6H3. The highest BCUT2D eigenvalue weighted by atomic mass is 32.2. The summed E-state index contributed by atoms with van der Waals surface area (Å²) in [5.74, 6) is 0.289. The molecule has 2 aromatic heterocycles. The third-order valence-electron chi connectivity index (χ3n) is 18.4. The van der Waals surface area contributed by atoms with Gasteiger partial charge in [-0.2, -0.15) is 17.0 Å². The number of benzene rings is 4. The quantitative estimate of drug-likeness (QED) is 0.0799. The maximum Gasteiger partial charge on any atom is 0.415 e. The number of aromatic nitrogens is 2. The Morgan fingerprint density at radius 2 is 0.900 bits per heavy atom. The summed E-state index contributed by atoms with van der Waals surface area (Å²) in [6, 6.07) is 19.4. The van der Waals surface area contributed by atoms with E-state index in [0.29, 0.717) is 87.5 Å². The Bertz CT molecular complexity index is 3710. The molecule has 0 unspecified atom stereocenters. The molecule has 6 aromatic rings. The van der Waals surface area contributed by atoms with Crippen LogP contribution in [0.5, 0.6) is 23.0 Å². The van der Waals surface area contributed by atoms with Gasteiger partial charge in [0, 0.05) is 114 Å². The number of amides is 4. The highest BCUT2D eigenvalue weighted by molar-refractivity contribution is 7.86. The third-order valence-corrected chi connectivity index (χ3v) is 32.3. The minimum absolute atomic E-state index is 0.124. The van der Waals surface area contributed by atoms with Crippen LogP contribution in [0.1, 0.15) is 126 Å². The van der Waals surface area contributed by atoms with Crippen molar-refractivity contribution in [2.45, 2.75) is 143 Å². The van der Waals surface area contributed by atoms with Crippen molar-refractivity contribution in [3.8, 4) is 23.0 Å². The molecule has 1 N–H and O–H groups in total. The number of carbonyl (C=O) groups excluding carboxylic acids is 4. The molecular weight excluding hydrogens is 1210 g/mol. The molecule has 2 saturated heterocycles. The number of hydrogen-bond donors (Lipinski definition) is 1. The van der Waals surface area contributed by atoms with Crippen LogP contribution in [0.2, 0.25) is 33.2 Å². The average Bonchev–Trinajstić information content (AvgIpc) is 1.50. The molecule has 4 aliphatic rings. The van der Waals surface area contributed by atoms with Crippen molar-refractivity contribution in [3.05, 3.63) is 130 Å². The van der Waals surface area contributed by atoms with Crippen LogP contribution < -0.4 is 23.6 Å². The zero-order valence-electron chi connectivity index (χ0n) is 54.4. The number of nitrogens with one attached hydrogen (secondary N) is 1. The molecule has 4 aliphatic heterocycles. The van der Waals surface area contributed by atoms with Crippen LogP contribution >= 0.6 is 0 Å². The molecule has 0 aliphatic carbocycles. The largest absolute Gasteiger partial charge is 0.541 e. The molecular formula is C66H87F2N9O10SSi2. The van der Waals surface area contributed by atoms with Crippen molar-refractivity contribution in [1.29, 1.82) is 0 Å². The Hall–Kier alpha value is -7.10. The molecule has 10 rings (SSSR count). The second-order valence-electron chi connectivity index (χ2n) is 25.9. The van der Waals surface area contributed by atoms with Crippen LogP contribution in [0.15, 0.2) is 85.2 Å². The van der Waals surface area contributed by atoms with Gasteiger partial charge in [-0.05, 0) is 92.9 Å². The zero-order valence-corrected chi connectivity index (χ0v) is 57.2. The molecule has 0 spiro atoms. The summed E-state index contributed by atoms with van der Waals surface area (Å²) in [6.07, 6.45) is 2.23. The third kappa shape index (κ3) is 13.1. The van der Waals surface area contributed by atoms with Crippen LogP contribution in [0.3, 0.4) is 0 Å². The molecule has 24 heteroatoms. The second-order valence-corrected chi connectivity index (χ2v) is 38.8. The molecule has 0 radical (unpaired) electrons. The highest BCUT2D eigenvalue weighted by Gasteiger charge is 2.51. The average molecular weight is 1290 g/mol. The van der Waals surface area contributed by atoms with E-state index in [1.807, 2.05) is 18.2 Å². The lowest BCUT2D eigenvalue weighted by Crippen LogP contribution is -2.53. The van der Waals surface area contributed by atoms with Gasteiger partial charge in [-0.25, -0.2) is 18.4 Å². The number of piperazine rings is 2. The molecule has 19 nitrogen and oxygen atoms in total. The fourth-order valence-corrected chi connectivity index (χ4v) is 25.7. The van der Waals surface area contributed by atoms with Crippen LogP contribution in [-0.4, -0.2) is 154 Å². The number of pyridine rings is 2. The molecule has 484 valence electrons. The lowest BCUT2D eigenvalue weighted by molar-refractivity contribution is 0.0757. The molecule has 4 aromatic carbocycles. The van der Waals surface area contributed by atoms with Gasteiger partial charge >= 0.3 is 12.2 Å². The van der Waals surface area contributed by atoms with Gasteiger partial charge < -0.3 is 43.2 Å². The van der Waals surface area contributed by atoms with E-state index >= 15 is 0 Å². The first kappa shape index (κ1) is 67.3. The Morgan fingerprint density at radius 3 is 1.24 bits per heavy atom. The van der Waals surface area contributed by atoms with E-state index in [4.69, 9.17) is 28.3 Å².